The van der Waals surface area contributed by atoms with E-state index in [1.807, 2.05) is 0 Å². The maximum absolute atomic E-state index is 6.23. The zero-order chi connectivity index (χ0) is 16.4. The Bertz CT molecular complexity index is 354. The van der Waals surface area contributed by atoms with Gasteiger partial charge in [-0.25, -0.2) is 0 Å². The fourth-order valence-electron chi connectivity index (χ4n) is 4.22. The summed E-state index contributed by atoms with van der Waals surface area (Å²) in [6.45, 7) is 18.3. The first-order chi connectivity index (χ1) is 10.4. The highest BCUT2D eigenvalue weighted by Gasteiger charge is 2.61. The van der Waals surface area contributed by atoms with E-state index in [1.165, 1.54) is 0 Å². The van der Waals surface area contributed by atoms with Crippen molar-refractivity contribution in [3.63, 3.8) is 0 Å². The van der Waals surface area contributed by atoms with Gasteiger partial charge in [-0.2, -0.15) is 5.06 Å². The van der Waals surface area contributed by atoms with Crippen LogP contribution in [-0.4, -0.2) is 72.7 Å². The van der Waals surface area contributed by atoms with E-state index in [1.54, 1.807) is 0 Å². The molecule has 2 heterocycles. The van der Waals surface area contributed by atoms with Crippen LogP contribution >= 0.6 is 0 Å². The van der Waals surface area contributed by atoms with Crippen molar-refractivity contribution in [2.75, 3.05) is 39.5 Å². The molecule has 0 radical (unpaired) electrons. The summed E-state index contributed by atoms with van der Waals surface area (Å²) >= 11 is 0. The number of hydrogen-bond acceptors (Lipinski definition) is 5. The van der Waals surface area contributed by atoms with Gasteiger partial charge in [0.05, 0.1) is 43.0 Å². The van der Waals surface area contributed by atoms with Gasteiger partial charge in [0.25, 0.3) is 0 Å². The molecule has 2 aliphatic rings. The number of nitrogens with zero attached hydrogens (tertiary/aromatic N) is 2. The SMILES string of the molecule is CCCON1C(C)(C)C(OCC)C(N2CCOCC2)C1(C)C. The molecule has 130 valence electrons. The van der Waals surface area contributed by atoms with Crippen LogP contribution in [0.15, 0.2) is 0 Å². The number of ether oxygens (including phenoxy) is 2. The summed E-state index contributed by atoms with van der Waals surface area (Å²) in [5.41, 5.74) is -0.256. The summed E-state index contributed by atoms with van der Waals surface area (Å²) in [5, 5.41) is 2.20. The average Bonchev–Trinajstić information content (AvgIpc) is 2.61. The Balaban J connectivity index is 2.30. The van der Waals surface area contributed by atoms with Gasteiger partial charge in [-0.1, -0.05) is 6.92 Å². The second kappa shape index (κ2) is 7.14. The lowest BCUT2D eigenvalue weighted by molar-refractivity contribution is -0.251. The quantitative estimate of drug-likeness (QED) is 0.751. The topological polar surface area (TPSA) is 34.2 Å². The normalized spacial score (nSPS) is 32.5. The fraction of sp³-hybridized carbons (Fsp3) is 1.00. The molecule has 5 heteroatoms. The standard InChI is InChI=1S/C17H34N2O3/c1-7-11-22-19-16(3,4)14(18-9-12-20-13-10-18)15(21-8-2)17(19,5)6/h14-15H,7-13H2,1-6H3. The molecule has 5 nitrogen and oxygen atoms in total. The Labute approximate surface area is 135 Å². The van der Waals surface area contributed by atoms with Crippen LogP contribution in [0.5, 0.6) is 0 Å². The molecule has 2 saturated heterocycles. The van der Waals surface area contributed by atoms with Gasteiger partial charge in [-0.05, 0) is 41.0 Å². The van der Waals surface area contributed by atoms with Gasteiger partial charge in [0, 0.05) is 19.7 Å². The van der Waals surface area contributed by atoms with E-state index in [2.05, 4.69) is 51.5 Å². The van der Waals surface area contributed by atoms with Crippen molar-refractivity contribution in [2.24, 2.45) is 0 Å². The van der Waals surface area contributed by atoms with Gasteiger partial charge in [-0.3, -0.25) is 9.74 Å². The van der Waals surface area contributed by atoms with Gasteiger partial charge in [0.15, 0.2) is 0 Å². The van der Waals surface area contributed by atoms with Crippen molar-refractivity contribution in [2.45, 2.75) is 71.2 Å². The molecule has 0 amide bonds. The van der Waals surface area contributed by atoms with Crippen molar-refractivity contribution in [3.8, 4) is 0 Å². The van der Waals surface area contributed by atoms with E-state index in [0.29, 0.717) is 6.04 Å². The van der Waals surface area contributed by atoms with E-state index in [0.717, 1.165) is 45.9 Å². The smallest absolute Gasteiger partial charge is 0.0949 e. The van der Waals surface area contributed by atoms with Crippen LogP contribution in [0.25, 0.3) is 0 Å². The molecular formula is C17H34N2O3. The number of rotatable bonds is 6. The summed E-state index contributed by atoms with van der Waals surface area (Å²) < 4.78 is 11.8. The van der Waals surface area contributed by atoms with E-state index in [-0.39, 0.29) is 17.2 Å². The summed E-state index contributed by atoms with van der Waals surface area (Å²) in [5.74, 6) is 0. The highest BCUT2D eigenvalue weighted by Crippen LogP contribution is 2.45. The lowest BCUT2D eigenvalue weighted by atomic mass is 9.89. The number of hydrogen-bond donors (Lipinski definition) is 0. The summed E-state index contributed by atoms with van der Waals surface area (Å²) in [6, 6.07) is 0.309. The summed E-state index contributed by atoms with van der Waals surface area (Å²) in [6.07, 6.45) is 1.15. The maximum atomic E-state index is 6.23. The van der Waals surface area contributed by atoms with Crippen LogP contribution in [0, 0.1) is 0 Å². The molecule has 2 unspecified atom stereocenters. The van der Waals surface area contributed by atoms with Gasteiger partial charge >= 0.3 is 0 Å². The summed E-state index contributed by atoms with van der Waals surface area (Å²) in [7, 11) is 0. The highest BCUT2D eigenvalue weighted by atomic mass is 16.7. The van der Waals surface area contributed by atoms with E-state index >= 15 is 0 Å². The molecule has 0 saturated carbocycles. The van der Waals surface area contributed by atoms with E-state index in [9.17, 15) is 0 Å². The Hall–Kier alpha value is -0.200. The van der Waals surface area contributed by atoms with Crippen molar-refractivity contribution >= 4 is 0 Å². The van der Waals surface area contributed by atoms with Crippen molar-refractivity contribution in [1.29, 1.82) is 0 Å². The third kappa shape index (κ3) is 3.20. The molecule has 0 aromatic heterocycles. The second-order valence-corrected chi connectivity index (χ2v) is 7.40. The van der Waals surface area contributed by atoms with Gasteiger partial charge < -0.3 is 9.47 Å². The van der Waals surface area contributed by atoms with Crippen LogP contribution in [0.1, 0.15) is 48.0 Å². The van der Waals surface area contributed by atoms with Crippen LogP contribution < -0.4 is 0 Å². The monoisotopic (exact) mass is 314 g/mol. The predicted octanol–water partition coefficient (Wildman–Crippen LogP) is 2.31. The molecule has 0 bridgehead atoms. The predicted molar refractivity (Wildman–Crippen MR) is 87.8 cm³/mol. The van der Waals surface area contributed by atoms with Gasteiger partial charge in [0.2, 0.25) is 0 Å². The molecule has 0 N–H and O–H groups in total. The molecule has 0 aromatic rings. The van der Waals surface area contributed by atoms with Crippen LogP contribution in [0.4, 0.5) is 0 Å². The molecule has 0 aliphatic carbocycles. The molecule has 2 atom stereocenters. The third-order valence-electron chi connectivity index (χ3n) is 4.96. The minimum absolute atomic E-state index is 0.101. The average molecular weight is 314 g/mol. The lowest BCUT2D eigenvalue weighted by Gasteiger charge is -2.43. The van der Waals surface area contributed by atoms with Crippen molar-refractivity contribution in [1.82, 2.24) is 9.96 Å². The van der Waals surface area contributed by atoms with Crippen LogP contribution in [-0.2, 0) is 14.3 Å². The summed E-state index contributed by atoms with van der Waals surface area (Å²) in [4.78, 5) is 8.70. The molecule has 2 aliphatic heterocycles. The zero-order valence-electron chi connectivity index (χ0n) is 15.2. The van der Waals surface area contributed by atoms with E-state index < -0.39 is 0 Å². The lowest BCUT2D eigenvalue weighted by Crippen LogP contribution is -2.58. The first-order valence-electron chi connectivity index (χ1n) is 8.74. The van der Waals surface area contributed by atoms with Crippen LogP contribution in [0.3, 0.4) is 0 Å². The first-order valence-corrected chi connectivity index (χ1v) is 8.74. The largest absolute Gasteiger partial charge is 0.379 e. The molecule has 0 spiro atoms. The minimum Gasteiger partial charge on any atom is -0.379 e. The van der Waals surface area contributed by atoms with Gasteiger partial charge in [0.1, 0.15) is 0 Å². The Morgan fingerprint density at radius 2 is 1.68 bits per heavy atom. The third-order valence-corrected chi connectivity index (χ3v) is 4.96. The highest BCUT2D eigenvalue weighted by molar-refractivity contribution is 5.14. The number of morpholine rings is 1. The van der Waals surface area contributed by atoms with Crippen molar-refractivity contribution < 1.29 is 14.3 Å². The molecule has 0 aromatic carbocycles. The Morgan fingerprint density at radius 1 is 1.05 bits per heavy atom. The van der Waals surface area contributed by atoms with Crippen LogP contribution in [0.2, 0.25) is 0 Å². The molecule has 2 rings (SSSR count). The zero-order valence-corrected chi connectivity index (χ0v) is 15.2. The van der Waals surface area contributed by atoms with E-state index in [4.69, 9.17) is 14.3 Å². The first kappa shape index (κ1) is 18.1. The Kier molecular flexibility index (Phi) is 5.89. The molecule has 2 fully saturated rings. The van der Waals surface area contributed by atoms with Crippen molar-refractivity contribution in [3.05, 3.63) is 0 Å². The maximum Gasteiger partial charge on any atom is 0.0949 e. The molecular weight excluding hydrogens is 280 g/mol. The van der Waals surface area contributed by atoms with Gasteiger partial charge in [-0.15, -0.1) is 0 Å². The Morgan fingerprint density at radius 3 is 2.23 bits per heavy atom. The fourth-order valence-corrected chi connectivity index (χ4v) is 4.22. The second-order valence-electron chi connectivity index (χ2n) is 7.40. The number of hydroxylamine groups is 2. The molecule has 22 heavy (non-hydrogen) atoms. The minimum atomic E-state index is -0.155.